The van der Waals surface area contributed by atoms with Crippen LogP contribution >= 0.6 is 0 Å². The van der Waals surface area contributed by atoms with E-state index in [1.165, 1.54) is 57.4 Å². The highest BCUT2D eigenvalue weighted by Crippen LogP contribution is 2.14. The third-order valence-corrected chi connectivity index (χ3v) is 5.20. The van der Waals surface area contributed by atoms with Crippen LogP contribution in [0.15, 0.2) is 12.7 Å². The number of hydrogen-bond acceptors (Lipinski definition) is 3. The fraction of sp³-hybridized carbons (Fsp3) is 0.842. The van der Waals surface area contributed by atoms with Gasteiger partial charge in [-0.3, -0.25) is 9.35 Å². The summed E-state index contributed by atoms with van der Waals surface area (Å²) in [5.41, 5.74) is 0. The quantitative estimate of drug-likeness (QED) is 0.220. The Morgan fingerprint density at radius 2 is 1.44 bits per heavy atom. The molecule has 0 aromatic carbocycles. The number of hydrogen-bond donors (Lipinski definition) is 2. The Morgan fingerprint density at radius 3 is 1.92 bits per heavy atom. The van der Waals surface area contributed by atoms with Gasteiger partial charge in [0.1, 0.15) is 0 Å². The molecular formula is C19H37NO4S. The van der Waals surface area contributed by atoms with Crippen LogP contribution in [0.1, 0.15) is 90.4 Å². The molecule has 0 aliphatic rings. The highest BCUT2D eigenvalue weighted by atomic mass is 32.2. The molecule has 0 rings (SSSR count). The molecule has 1 unspecified atom stereocenters. The van der Waals surface area contributed by atoms with Crippen LogP contribution in [0.4, 0.5) is 0 Å². The molecule has 5 nitrogen and oxygen atoms in total. The van der Waals surface area contributed by atoms with E-state index >= 15 is 0 Å². The van der Waals surface area contributed by atoms with Gasteiger partial charge in [0.25, 0.3) is 10.1 Å². The number of rotatable bonds is 17. The van der Waals surface area contributed by atoms with E-state index in [4.69, 9.17) is 4.55 Å². The lowest BCUT2D eigenvalue weighted by molar-refractivity contribution is -0.117. The lowest BCUT2D eigenvalue weighted by Crippen LogP contribution is -2.33. The maximum Gasteiger partial charge on any atom is 0.264 e. The fourth-order valence-corrected chi connectivity index (χ4v) is 3.47. The first-order valence-corrected chi connectivity index (χ1v) is 11.4. The van der Waals surface area contributed by atoms with E-state index in [2.05, 4.69) is 18.8 Å². The van der Waals surface area contributed by atoms with Crippen molar-refractivity contribution in [3.05, 3.63) is 12.7 Å². The second kappa shape index (κ2) is 15.4. The summed E-state index contributed by atoms with van der Waals surface area (Å²) in [6, 6.07) is -0.0544. The van der Waals surface area contributed by atoms with Crippen LogP contribution in [0.2, 0.25) is 0 Å². The standard InChI is InChI=1S/C19H37NO4S/c1-3-5-6-7-8-9-10-11-12-13-15-18(20-19(21)4-2)16-14-17-25(22,23)24/h4,18H,2-3,5-17H2,1H3,(H,20,21)(H,22,23,24). The Morgan fingerprint density at radius 1 is 0.960 bits per heavy atom. The summed E-state index contributed by atoms with van der Waals surface area (Å²) >= 11 is 0. The third-order valence-electron chi connectivity index (χ3n) is 4.39. The minimum Gasteiger partial charge on any atom is -0.350 e. The van der Waals surface area contributed by atoms with Gasteiger partial charge in [0.05, 0.1) is 5.75 Å². The van der Waals surface area contributed by atoms with E-state index in [0.717, 1.165) is 19.3 Å². The monoisotopic (exact) mass is 375 g/mol. The van der Waals surface area contributed by atoms with Crippen LogP contribution in [0.25, 0.3) is 0 Å². The van der Waals surface area contributed by atoms with Crippen molar-refractivity contribution in [2.75, 3.05) is 5.75 Å². The molecule has 148 valence electrons. The van der Waals surface area contributed by atoms with Crippen LogP contribution in [0.3, 0.4) is 0 Å². The minimum absolute atomic E-state index is 0.0544. The molecule has 1 atom stereocenters. The first kappa shape index (κ1) is 24.1. The summed E-state index contributed by atoms with van der Waals surface area (Å²) in [7, 11) is -3.93. The van der Waals surface area contributed by atoms with Crippen molar-refractivity contribution in [1.82, 2.24) is 5.32 Å². The van der Waals surface area contributed by atoms with Gasteiger partial charge in [0, 0.05) is 6.04 Å². The van der Waals surface area contributed by atoms with E-state index in [0.29, 0.717) is 12.8 Å². The molecule has 1 amide bonds. The number of unbranched alkanes of at least 4 members (excludes halogenated alkanes) is 9. The van der Waals surface area contributed by atoms with Gasteiger partial charge in [0.2, 0.25) is 5.91 Å². The van der Waals surface area contributed by atoms with Gasteiger partial charge in [0.15, 0.2) is 0 Å². The van der Waals surface area contributed by atoms with Crippen molar-refractivity contribution >= 4 is 16.0 Å². The van der Waals surface area contributed by atoms with Crippen LogP contribution in [0, 0.1) is 0 Å². The van der Waals surface area contributed by atoms with E-state index in [1.54, 1.807) is 0 Å². The number of amides is 1. The Labute approximate surface area is 154 Å². The van der Waals surface area contributed by atoms with Gasteiger partial charge < -0.3 is 5.32 Å². The maximum absolute atomic E-state index is 11.5. The van der Waals surface area contributed by atoms with Gasteiger partial charge in [-0.1, -0.05) is 77.7 Å². The van der Waals surface area contributed by atoms with E-state index in [1.807, 2.05) is 0 Å². The first-order valence-electron chi connectivity index (χ1n) is 9.77. The lowest BCUT2D eigenvalue weighted by atomic mass is 10.0. The SMILES string of the molecule is C=CC(=O)NC(CCCCCCCCCCCC)CCCS(=O)(=O)O. The molecule has 25 heavy (non-hydrogen) atoms. The molecule has 0 aromatic heterocycles. The maximum atomic E-state index is 11.5. The number of nitrogens with one attached hydrogen (secondary N) is 1. The minimum atomic E-state index is -3.93. The summed E-state index contributed by atoms with van der Waals surface area (Å²) in [5, 5.41) is 2.85. The summed E-state index contributed by atoms with van der Waals surface area (Å²) < 4.78 is 30.4. The molecule has 0 spiro atoms. The molecule has 0 aliphatic carbocycles. The Bertz CT molecular complexity index is 448. The average Bonchev–Trinajstić information content (AvgIpc) is 2.55. The van der Waals surface area contributed by atoms with Crippen LogP contribution in [-0.4, -0.2) is 30.7 Å². The molecule has 0 saturated carbocycles. The topological polar surface area (TPSA) is 83.5 Å². The Hall–Kier alpha value is -0.880. The summed E-state index contributed by atoms with van der Waals surface area (Å²) in [6.07, 6.45) is 15.5. The first-order chi connectivity index (χ1) is 11.9. The zero-order chi connectivity index (χ0) is 19.0. The van der Waals surface area contributed by atoms with Gasteiger partial charge in [-0.15, -0.1) is 0 Å². The van der Waals surface area contributed by atoms with Crippen LogP contribution in [-0.2, 0) is 14.9 Å². The van der Waals surface area contributed by atoms with E-state index in [-0.39, 0.29) is 17.7 Å². The molecule has 0 aromatic rings. The molecule has 0 radical (unpaired) electrons. The van der Waals surface area contributed by atoms with Crippen molar-refractivity contribution in [3.8, 4) is 0 Å². The molecular weight excluding hydrogens is 338 g/mol. The lowest BCUT2D eigenvalue weighted by Gasteiger charge is -2.17. The molecule has 0 aliphatic heterocycles. The van der Waals surface area contributed by atoms with Crippen LogP contribution in [0.5, 0.6) is 0 Å². The van der Waals surface area contributed by atoms with Crippen molar-refractivity contribution in [3.63, 3.8) is 0 Å². The number of carbonyl (C=O) groups is 1. The molecule has 6 heteroatoms. The zero-order valence-corrected chi connectivity index (χ0v) is 16.7. The predicted molar refractivity (Wildman–Crippen MR) is 104 cm³/mol. The molecule has 2 N–H and O–H groups in total. The summed E-state index contributed by atoms with van der Waals surface area (Å²) in [5.74, 6) is -0.491. The van der Waals surface area contributed by atoms with Gasteiger partial charge in [-0.05, 0) is 25.3 Å². The molecule has 0 fully saturated rings. The largest absolute Gasteiger partial charge is 0.350 e. The molecule has 0 bridgehead atoms. The van der Waals surface area contributed by atoms with E-state index < -0.39 is 10.1 Å². The van der Waals surface area contributed by atoms with Crippen LogP contribution < -0.4 is 5.32 Å². The van der Waals surface area contributed by atoms with Crippen molar-refractivity contribution in [1.29, 1.82) is 0 Å². The highest BCUT2D eigenvalue weighted by molar-refractivity contribution is 7.85. The fourth-order valence-electron chi connectivity index (χ4n) is 2.94. The third kappa shape index (κ3) is 17.7. The highest BCUT2D eigenvalue weighted by Gasteiger charge is 2.12. The summed E-state index contributed by atoms with van der Waals surface area (Å²) in [6.45, 7) is 5.67. The zero-order valence-electron chi connectivity index (χ0n) is 15.8. The van der Waals surface area contributed by atoms with Crippen molar-refractivity contribution < 1.29 is 17.8 Å². The second-order valence-corrected chi connectivity index (χ2v) is 8.38. The average molecular weight is 376 g/mol. The van der Waals surface area contributed by atoms with Gasteiger partial charge in [-0.2, -0.15) is 8.42 Å². The normalized spacial score (nSPS) is 12.7. The predicted octanol–water partition coefficient (Wildman–Crippen LogP) is 4.64. The molecule has 0 heterocycles. The van der Waals surface area contributed by atoms with Crippen molar-refractivity contribution in [2.24, 2.45) is 0 Å². The van der Waals surface area contributed by atoms with Crippen molar-refractivity contribution in [2.45, 2.75) is 96.4 Å². The van der Waals surface area contributed by atoms with E-state index in [9.17, 15) is 13.2 Å². The summed E-state index contributed by atoms with van der Waals surface area (Å²) in [4.78, 5) is 11.5. The van der Waals surface area contributed by atoms with Gasteiger partial charge >= 0.3 is 0 Å². The molecule has 0 saturated heterocycles. The Balaban J connectivity index is 3.82. The smallest absolute Gasteiger partial charge is 0.264 e. The second-order valence-electron chi connectivity index (χ2n) is 6.81. The Kier molecular flexibility index (Phi) is 14.8. The number of carbonyl (C=O) groups excluding carboxylic acids is 1. The van der Waals surface area contributed by atoms with Gasteiger partial charge in [-0.25, -0.2) is 0 Å².